The molecule has 0 rings (SSSR count). The van der Waals surface area contributed by atoms with Gasteiger partial charge in [-0.3, -0.25) is 0 Å². The van der Waals surface area contributed by atoms with Gasteiger partial charge in [-0.05, 0) is 0 Å². The summed E-state index contributed by atoms with van der Waals surface area (Å²) in [5, 5.41) is 10.9. The Kier molecular flexibility index (Phi) is 6.92. The van der Waals surface area contributed by atoms with Gasteiger partial charge in [0.15, 0.2) is 0 Å². The summed E-state index contributed by atoms with van der Waals surface area (Å²) in [5.74, 6) is 0. The standard InChI is InChI=1S/C5H12OSe/c1-2-7-5-3-4-6/h6H,2-5H2,1H3. The zero-order valence-corrected chi connectivity index (χ0v) is 6.40. The quantitative estimate of drug-likeness (QED) is 0.487. The fourth-order valence-electron chi connectivity index (χ4n) is 0.311. The van der Waals surface area contributed by atoms with Crippen molar-refractivity contribution in [2.75, 3.05) is 6.61 Å². The molecule has 0 aliphatic heterocycles. The van der Waals surface area contributed by atoms with Crippen LogP contribution in [0.2, 0.25) is 10.6 Å². The van der Waals surface area contributed by atoms with Crippen molar-refractivity contribution in [2.24, 2.45) is 0 Å². The van der Waals surface area contributed by atoms with E-state index in [1.54, 1.807) is 0 Å². The third-order valence-corrected chi connectivity index (χ3v) is 2.72. The Morgan fingerprint density at radius 2 is 2.29 bits per heavy atom. The van der Waals surface area contributed by atoms with Crippen LogP contribution in [0.3, 0.4) is 0 Å². The summed E-state index contributed by atoms with van der Waals surface area (Å²) in [6.45, 7) is 2.57. The van der Waals surface area contributed by atoms with Crippen LogP contribution in [0.15, 0.2) is 0 Å². The molecule has 0 aliphatic carbocycles. The zero-order chi connectivity index (χ0) is 5.54. The number of hydrogen-bond acceptors (Lipinski definition) is 1. The molecular weight excluding hydrogens is 155 g/mol. The van der Waals surface area contributed by atoms with Crippen LogP contribution in [0.5, 0.6) is 0 Å². The van der Waals surface area contributed by atoms with Gasteiger partial charge in [0.05, 0.1) is 0 Å². The maximum atomic E-state index is 8.30. The number of aliphatic hydroxyl groups excluding tert-OH is 1. The Balaban J connectivity index is 2.45. The molecule has 7 heavy (non-hydrogen) atoms. The Labute approximate surface area is 51.3 Å². The average Bonchev–Trinajstić information content (AvgIpc) is 1.69. The summed E-state index contributed by atoms with van der Waals surface area (Å²) >= 11 is 0.808. The first-order valence-corrected chi connectivity index (χ1v) is 5.02. The van der Waals surface area contributed by atoms with E-state index in [0.29, 0.717) is 6.61 Å². The van der Waals surface area contributed by atoms with E-state index in [1.165, 1.54) is 10.6 Å². The van der Waals surface area contributed by atoms with Gasteiger partial charge >= 0.3 is 50.7 Å². The van der Waals surface area contributed by atoms with Gasteiger partial charge in [-0.2, -0.15) is 0 Å². The van der Waals surface area contributed by atoms with Crippen LogP contribution in [-0.4, -0.2) is 26.7 Å². The molecule has 1 N–H and O–H groups in total. The molecule has 0 unspecified atom stereocenters. The van der Waals surface area contributed by atoms with E-state index in [-0.39, 0.29) is 0 Å². The van der Waals surface area contributed by atoms with Crippen LogP contribution >= 0.6 is 0 Å². The minimum atomic E-state index is 0.377. The molecule has 0 saturated carbocycles. The van der Waals surface area contributed by atoms with Gasteiger partial charge in [0, 0.05) is 0 Å². The van der Waals surface area contributed by atoms with Crippen LogP contribution < -0.4 is 0 Å². The zero-order valence-electron chi connectivity index (χ0n) is 4.68. The Hall–Kier alpha value is 0.479. The molecule has 0 aromatic heterocycles. The fraction of sp³-hybridized carbons (Fsp3) is 1.00. The van der Waals surface area contributed by atoms with E-state index >= 15 is 0 Å². The molecule has 0 spiro atoms. The van der Waals surface area contributed by atoms with E-state index in [4.69, 9.17) is 5.11 Å². The molecule has 0 aromatic carbocycles. The summed E-state index contributed by atoms with van der Waals surface area (Å²) in [4.78, 5) is 0. The second-order valence-corrected chi connectivity index (χ2v) is 4.20. The van der Waals surface area contributed by atoms with Gasteiger partial charge < -0.3 is 0 Å². The van der Waals surface area contributed by atoms with E-state index in [0.717, 1.165) is 21.4 Å². The van der Waals surface area contributed by atoms with E-state index in [1.807, 2.05) is 0 Å². The molecule has 44 valence electrons. The second-order valence-electron chi connectivity index (χ2n) is 1.27. The van der Waals surface area contributed by atoms with Crippen LogP contribution in [0.25, 0.3) is 0 Å². The summed E-state index contributed by atoms with van der Waals surface area (Å²) in [5.41, 5.74) is 0. The molecule has 0 saturated heterocycles. The van der Waals surface area contributed by atoms with Crippen molar-refractivity contribution in [1.29, 1.82) is 0 Å². The summed E-state index contributed by atoms with van der Waals surface area (Å²) in [7, 11) is 0. The first kappa shape index (κ1) is 7.48. The molecule has 0 atom stereocenters. The molecule has 0 radical (unpaired) electrons. The third-order valence-electron chi connectivity index (χ3n) is 0.651. The predicted molar refractivity (Wildman–Crippen MR) is 32.7 cm³/mol. The van der Waals surface area contributed by atoms with Crippen LogP contribution in [0.1, 0.15) is 13.3 Å². The molecule has 2 heteroatoms. The summed E-state index contributed by atoms with van der Waals surface area (Å²) < 4.78 is 0. The van der Waals surface area contributed by atoms with Crippen LogP contribution in [-0.2, 0) is 0 Å². The molecule has 1 nitrogen and oxygen atoms in total. The molecule has 0 aliphatic rings. The first-order chi connectivity index (χ1) is 3.41. The first-order valence-electron chi connectivity index (χ1n) is 2.60. The predicted octanol–water partition coefficient (Wildman–Crippen LogP) is 0.929. The van der Waals surface area contributed by atoms with Crippen molar-refractivity contribution >= 4 is 15.0 Å². The van der Waals surface area contributed by atoms with Gasteiger partial charge in [0.25, 0.3) is 0 Å². The van der Waals surface area contributed by atoms with E-state index < -0.39 is 0 Å². The normalized spacial score (nSPS) is 9.43. The molecule has 0 bridgehead atoms. The van der Waals surface area contributed by atoms with Crippen molar-refractivity contribution in [1.82, 2.24) is 0 Å². The minimum absolute atomic E-state index is 0.377. The van der Waals surface area contributed by atoms with Gasteiger partial charge in [-0.1, -0.05) is 0 Å². The second kappa shape index (κ2) is 6.48. The van der Waals surface area contributed by atoms with Crippen LogP contribution in [0, 0.1) is 0 Å². The Morgan fingerprint density at radius 1 is 1.57 bits per heavy atom. The molecule has 0 fully saturated rings. The number of aliphatic hydroxyl groups is 1. The SMILES string of the molecule is CC[Se]CCCO. The van der Waals surface area contributed by atoms with Crippen molar-refractivity contribution in [2.45, 2.75) is 24.0 Å². The monoisotopic (exact) mass is 168 g/mol. The average molecular weight is 167 g/mol. The van der Waals surface area contributed by atoms with E-state index in [2.05, 4.69) is 6.92 Å². The maximum absolute atomic E-state index is 8.30. The number of rotatable bonds is 4. The summed E-state index contributed by atoms with van der Waals surface area (Å²) in [6, 6.07) is 0. The Morgan fingerprint density at radius 3 is 2.71 bits per heavy atom. The van der Waals surface area contributed by atoms with Crippen LogP contribution in [0.4, 0.5) is 0 Å². The van der Waals surface area contributed by atoms with Crippen molar-refractivity contribution < 1.29 is 5.11 Å². The van der Waals surface area contributed by atoms with Gasteiger partial charge in [-0.25, -0.2) is 0 Å². The fourth-order valence-corrected chi connectivity index (χ4v) is 1.62. The third kappa shape index (κ3) is 6.48. The summed E-state index contributed by atoms with van der Waals surface area (Å²) in [6.07, 6.45) is 1.01. The molecule has 0 amide bonds. The Bertz CT molecular complexity index is 27.3. The van der Waals surface area contributed by atoms with Crippen molar-refractivity contribution in [3.63, 3.8) is 0 Å². The topological polar surface area (TPSA) is 20.2 Å². The molecular formula is C5H12OSe. The van der Waals surface area contributed by atoms with Gasteiger partial charge in [0.1, 0.15) is 0 Å². The van der Waals surface area contributed by atoms with Gasteiger partial charge in [0.2, 0.25) is 0 Å². The molecule has 0 heterocycles. The van der Waals surface area contributed by atoms with E-state index in [9.17, 15) is 0 Å². The van der Waals surface area contributed by atoms with Crippen molar-refractivity contribution in [3.8, 4) is 0 Å². The number of hydrogen-bond donors (Lipinski definition) is 1. The molecule has 0 aromatic rings. The van der Waals surface area contributed by atoms with Gasteiger partial charge in [-0.15, -0.1) is 0 Å². The van der Waals surface area contributed by atoms with Crippen molar-refractivity contribution in [3.05, 3.63) is 0 Å².